The quantitative estimate of drug-likeness (QED) is 0.788. The molecule has 0 saturated heterocycles. The molecule has 5 heteroatoms. The molecule has 0 fully saturated rings. The van der Waals surface area contributed by atoms with E-state index in [0.29, 0.717) is 17.9 Å². The molecular weight excluding hydrogens is 293 g/mol. The maximum atomic E-state index is 14.1. The topological polar surface area (TPSA) is 46.9 Å². The molecule has 2 aromatic carbocycles. The molecule has 1 aliphatic rings. The van der Waals surface area contributed by atoms with Gasteiger partial charge in [0.2, 0.25) is 5.91 Å². The molecule has 1 N–H and O–H groups in total. The van der Waals surface area contributed by atoms with E-state index in [9.17, 15) is 9.18 Å². The number of hydrogen-bond acceptors (Lipinski definition) is 2. The van der Waals surface area contributed by atoms with Crippen molar-refractivity contribution in [1.29, 1.82) is 0 Å². The van der Waals surface area contributed by atoms with Crippen LogP contribution in [0.5, 0.6) is 0 Å². The van der Waals surface area contributed by atoms with Crippen molar-refractivity contribution in [3.8, 4) is 5.69 Å². The van der Waals surface area contributed by atoms with Gasteiger partial charge in [-0.1, -0.05) is 42.5 Å². The lowest BCUT2D eigenvalue weighted by Gasteiger charge is -2.23. The van der Waals surface area contributed by atoms with E-state index in [2.05, 4.69) is 10.3 Å². The highest BCUT2D eigenvalue weighted by atomic mass is 19.1. The fourth-order valence-electron chi connectivity index (χ4n) is 3.00. The number of fused-ring (bicyclic) bond motifs is 1. The third-order valence-electron chi connectivity index (χ3n) is 4.09. The highest BCUT2D eigenvalue weighted by molar-refractivity contribution is 5.94. The molecule has 1 atom stereocenters. The summed E-state index contributed by atoms with van der Waals surface area (Å²) in [7, 11) is 0. The van der Waals surface area contributed by atoms with Gasteiger partial charge in [-0.2, -0.15) is 0 Å². The molecule has 0 radical (unpaired) electrons. The molecule has 4 rings (SSSR count). The number of halogens is 1. The minimum absolute atomic E-state index is 0.0931. The molecule has 0 bridgehead atoms. The van der Waals surface area contributed by atoms with Gasteiger partial charge < -0.3 is 5.32 Å². The summed E-state index contributed by atoms with van der Waals surface area (Å²) in [6.45, 7) is 0. The number of para-hydroxylation sites is 1. The number of carbonyl (C=O) groups is 1. The molecule has 3 aromatic rings. The van der Waals surface area contributed by atoms with Crippen molar-refractivity contribution in [3.63, 3.8) is 0 Å². The van der Waals surface area contributed by atoms with E-state index >= 15 is 0 Å². The van der Waals surface area contributed by atoms with Crippen LogP contribution in [-0.2, 0) is 4.79 Å². The molecular formula is C18H14FN3O. The predicted molar refractivity (Wildman–Crippen MR) is 85.1 cm³/mol. The van der Waals surface area contributed by atoms with E-state index in [1.54, 1.807) is 29.1 Å². The minimum Gasteiger partial charge on any atom is -0.310 e. The van der Waals surface area contributed by atoms with Gasteiger partial charge in [0, 0.05) is 12.3 Å². The second-order valence-electron chi connectivity index (χ2n) is 5.52. The Morgan fingerprint density at radius 3 is 2.61 bits per heavy atom. The van der Waals surface area contributed by atoms with Crippen molar-refractivity contribution in [2.45, 2.75) is 12.3 Å². The average molecular weight is 307 g/mol. The Bertz CT molecular complexity index is 873. The number of rotatable bonds is 2. The number of nitrogens with zero attached hydrogens (tertiary/aromatic N) is 2. The molecule has 114 valence electrons. The first kappa shape index (κ1) is 13.7. The monoisotopic (exact) mass is 307 g/mol. The Labute approximate surface area is 132 Å². The van der Waals surface area contributed by atoms with E-state index in [4.69, 9.17) is 0 Å². The zero-order valence-electron chi connectivity index (χ0n) is 12.2. The standard InChI is InChI=1S/C18H14FN3O/c19-14-8-4-5-9-15(14)22-11-20-17-13(10-16(23)21-18(17)22)12-6-2-1-3-7-12/h1-9,11,13H,10H2,(H,21,23). The SMILES string of the molecule is O=C1CC(c2ccccc2)c2ncn(-c3ccccc3F)c2N1. The smallest absolute Gasteiger partial charge is 0.226 e. The van der Waals surface area contributed by atoms with Crippen LogP contribution in [0.1, 0.15) is 23.6 Å². The van der Waals surface area contributed by atoms with Gasteiger partial charge in [0.25, 0.3) is 0 Å². The van der Waals surface area contributed by atoms with Gasteiger partial charge in [-0.3, -0.25) is 9.36 Å². The first-order valence-electron chi connectivity index (χ1n) is 7.41. The summed E-state index contributed by atoms with van der Waals surface area (Å²) in [6.07, 6.45) is 1.90. The number of carbonyl (C=O) groups excluding carboxylic acids is 1. The number of benzene rings is 2. The minimum atomic E-state index is -0.358. The third-order valence-corrected chi connectivity index (χ3v) is 4.09. The maximum Gasteiger partial charge on any atom is 0.226 e. The normalized spacial score (nSPS) is 16.7. The molecule has 0 saturated carbocycles. The summed E-state index contributed by atoms with van der Waals surface area (Å²) in [5.74, 6) is -0.0265. The lowest BCUT2D eigenvalue weighted by molar-refractivity contribution is -0.116. The summed E-state index contributed by atoms with van der Waals surface area (Å²) < 4.78 is 15.7. The van der Waals surface area contributed by atoms with Gasteiger partial charge in [-0.05, 0) is 17.7 Å². The number of anilines is 1. The van der Waals surface area contributed by atoms with Crippen LogP contribution in [0.3, 0.4) is 0 Å². The largest absolute Gasteiger partial charge is 0.310 e. The van der Waals surface area contributed by atoms with Crippen molar-refractivity contribution in [1.82, 2.24) is 9.55 Å². The van der Waals surface area contributed by atoms with Crippen LogP contribution in [-0.4, -0.2) is 15.5 Å². The van der Waals surface area contributed by atoms with Crippen molar-refractivity contribution in [2.75, 3.05) is 5.32 Å². The highest BCUT2D eigenvalue weighted by Gasteiger charge is 2.31. The molecule has 2 heterocycles. The zero-order chi connectivity index (χ0) is 15.8. The zero-order valence-corrected chi connectivity index (χ0v) is 12.2. The second-order valence-corrected chi connectivity index (χ2v) is 5.52. The second kappa shape index (κ2) is 5.35. The predicted octanol–water partition coefficient (Wildman–Crippen LogP) is 3.49. The highest BCUT2D eigenvalue weighted by Crippen LogP contribution is 2.37. The maximum absolute atomic E-state index is 14.1. The Morgan fingerprint density at radius 2 is 1.83 bits per heavy atom. The van der Waals surface area contributed by atoms with Crippen LogP contribution in [0.4, 0.5) is 10.2 Å². The molecule has 1 amide bonds. The van der Waals surface area contributed by atoms with Gasteiger partial charge >= 0.3 is 0 Å². The Kier molecular flexibility index (Phi) is 3.19. The van der Waals surface area contributed by atoms with Crippen LogP contribution in [0.2, 0.25) is 0 Å². The molecule has 0 aliphatic carbocycles. The third kappa shape index (κ3) is 2.30. The summed E-state index contributed by atoms with van der Waals surface area (Å²) in [5.41, 5.74) is 2.16. The van der Waals surface area contributed by atoms with Crippen molar-refractivity contribution in [2.24, 2.45) is 0 Å². The van der Waals surface area contributed by atoms with Crippen LogP contribution < -0.4 is 5.32 Å². The van der Waals surface area contributed by atoms with Gasteiger partial charge in [-0.15, -0.1) is 0 Å². The van der Waals surface area contributed by atoms with Gasteiger partial charge in [0.05, 0.1) is 11.4 Å². The van der Waals surface area contributed by atoms with Gasteiger partial charge in [0.15, 0.2) is 0 Å². The number of amides is 1. The van der Waals surface area contributed by atoms with Crippen molar-refractivity contribution >= 4 is 11.7 Å². The van der Waals surface area contributed by atoms with E-state index in [-0.39, 0.29) is 17.6 Å². The summed E-state index contributed by atoms with van der Waals surface area (Å²) in [4.78, 5) is 16.6. The summed E-state index contributed by atoms with van der Waals surface area (Å²) >= 11 is 0. The molecule has 1 aromatic heterocycles. The number of nitrogens with one attached hydrogen (secondary N) is 1. The Balaban J connectivity index is 1.85. The lowest BCUT2D eigenvalue weighted by Crippen LogP contribution is -2.25. The van der Waals surface area contributed by atoms with Crippen LogP contribution >= 0.6 is 0 Å². The summed E-state index contributed by atoms with van der Waals surface area (Å²) in [5, 5.41) is 2.83. The Hall–Kier alpha value is -2.95. The first-order valence-corrected chi connectivity index (χ1v) is 7.41. The van der Waals surface area contributed by atoms with Crippen LogP contribution in [0.15, 0.2) is 60.9 Å². The van der Waals surface area contributed by atoms with Crippen LogP contribution in [0, 0.1) is 5.82 Å². The van der Waals surface area contributed by atoms with E-state index in [0.717, 1.165) is 11.3 Å². The fourth-order valence-corrected chi connectivity index (χ4v) is 3.00. The van der Waals surface area contributed by atoms with E-state index < -0.39 is 0 Å². The summed E-state index contributed by atoms with van der Waals surface area (Å²) in [6, 6.07) is 16.2. The van der Waals surface area contributed by atoms with E-state index in [1.165, 1.54) is 6.07 Å². The number of hydrogen-bond donors (Lipinski definition) is 1. The fraction of sp³-hybridized carbons (Fsp3) is 0.111. The molecule has 1 unspecified atom stereocenters. The average Bonchev–Trinajstić information content (AvgIpc) is 2.99. The van der Waals surface area contributed by atoms with Crippen LogP contribution in [0.25, 0.3) is 5.69 Å². The molecule has 1 aliphatic heterocycles. The first-order chi connectivity index (χ1) is 11.2. The molecule has 23 heavy (non-hydrogen) atoms. The van der Waals surface area contributed by atoms with E-state index in [1.807, 2.05) is 30.3 Å². The van der Waals surface area contributed by atoms with Gasteiger partial charge in [-0.25, -0.2) is 9.37 Å². The van der Waals surface area contributed by atoms with Crippen molar-refractivity contribution in [3.05, 3.63) is 78.0 Å². The molecule has 0 spiro atoms. The van der Waals surface area contributed by atoms with Gasteiger partial charge in [0.1, 0.15) is 18.0 Å². The Morgan fingerprint density at radius 1 is 1.09 bits per heavy atom. The number of aromatic nitrogens is 2. The molecule has 4 nitrogen and oxygen atoms in total. The lowest BCUT2D eigenvalue weighted by atomic mass is 9.90. The number of imidazole rings is 1. The van der Waals surface area contributed by atoms with Crippen molar-refractivity contribution < 1.29 is 9.18 Å².